The third-order valence-corrected chi connectivity index (χ3v) is 3.36. The fraction of sp³-hybridized carbons (Fsp3) is 0.929. The molecule has 3 unspecified atom stereocenters. The lowest BCUT2D eigenvalue weighted by molar-refractivity contribution is -0.141. The van der Waals surface area contributed by atoms with E-state index in [9.17, 15) is 9.90 Å². The summed E-state index contributed by atoms with van der Waals surface area (Å²) in [6, 6.07) is 0.308. The van der Waals surface area contributed by atoms with E-state index < -0.39 is 5.97 Å². The van der Waals surface area contributed by atoms with E-state index in [4.69, 9.17) is 5.11 Å². The van der Waals surface area contributed by atoms with E-state index in [1.807, 2.05) is 20.8 Å². The number of hydrogen-bond acceptors (Lipinski definition) is 3. The predicted octanol–water partition coefficient (Wildman–Crippen LogP) is 2.26. The van der Waals surface area contributed by atoms with Gasteiger partial charge in [0.1, 0.15) is 0 Å². The second-order valence-corrected chi connectivity index (χ2v) is 6.36. The minimum absolute atomic E-state index is 0.107. The SMILES string of the molecule is CC(CCCC(C)C(=O)O)NCC(O)C(C)(C)C. The average molecular weight is 259 g/mol. The van der Waals surface area contributed by atoms with Crippen molar-refractivity contribution in [2.24, 2.45) is 11.3 Å². The highest BCUT2D eigenvalue weighted by atomic mass is 16.4. The van der Waals surface area contributed by atoms with E-state index in [0.29, 0.717) is 19.0 Å². The van der Waals surface area contributed by atoms with Gasteiger partial charge in [-0.05, 0) is 25.2 Å². The number of carboxylic acids is 1. The maximum Gasteiger partial charge on any atom is 0.306 e. The summed E-state index contributed by atoms with van der Waals surface area (Å²) in [6.45, 7) is 10.4. The quantitative estimate of drug-likeness (QED) is 0.625. The van der Waals surface area contributed by atoms with Crippen molar-refractivity contribution >= 4 is 5.97 Å². The molecule has 0 aliphatic heterocycles. The van der Waals surface area contributed by atoms with Crippen molar-refractivity contribution in [1.29, 1.82) is 0 Å². The zero-order chi connectivity index (χ0) is 14.3. The topological polar surface area (TPSA) is 69.6 Å². The van der Waals surface area contributed by atoms with Gasteiger partial charge in [-0.1, -0.05) is 34.1 Å². The summed E-state index contributed by atoms with van der Waals surface area (Å²) < 4.78 is 0. The first kappa shape index (κ1) is 17.4. The molecule has 0 spiro atoms. The summed E-state index contributed by atoms with van der Waals surface area (Å²) in [5.74, 6) is -0.990. The molecule has 0 radical (unpaired) electrons. The predicted molar refractivity (Wildman–Crippen MR) is 73.6 cm³/mol. The molecule has 4 heteroatoms. The number of aliphatic hydroxyl groups excluding tert-OH is 1. The average Bonchev–Trinajstić information content (AvgIpc) is 2.24. The van der Waals surface area contributed by atoms with Crippen molar-refractivity contribution < 1.29 is 15.0 Å². The summed E-state index contributed by atoms with van der Waals surface area (Å²) in [5.41, 5.74) is -0.107. The number of carboxylic acid groups (broad SMARTS) is 1. The molecule has 0 amide bonds. The number of rotatable bonds is 8. The molecule has 0 saturated heterocycles. The minimum Gasteiger partial charge on any atom is -0.481 e. The smallest absolute Gasteiger partial charge is 0.306 e. The van der Waals surface area contributed by atoms with Crippen LogP contribution in [0.25, 0.3) is 0 Å². The molecule has 0 fully saturated rings. The number of aliphatic carboxylic acids is 1. The Bertz CT molecular complexity index is 248. The van der Waals surface area contributed by atoms with Crippen molar-refractivity contribution in [2.45, 2.75) is 66.0 Å². The van der Waals surface area contributed by atoms with Crippen LogP contribution in [0, 0.1) is 11.3 Å². The van der Waals surface area contributed by atoms with Crippen LogP contribution in [0.15, 0.2) is 0 Å². The van der Waals surface area contributed by atoms with Crippen LogP contribution < -0.4 is 5.32 Å². The monoisotopic (exact) mass is 259 g/mol. The maximum absolute atomic E-state index is 10.7. The van der Waals surface area contributed by atoms with Crippen molar-refractivity contribution in [3.05, 3.63) is 0 Å². The van der Waals surface area contributed by atoms with Crippen molar-refractivity contribution in [1.82, 2.24) is 5.32 Å². The summed E-state index contributed by atoms with van der Waals surface area (Å²) in [5, 5.41) is 21.9. The Labute approximate surface area is 111 Å². The van der Waals surface area contributed by atoms with Crippen LogP contribution in [0.4, 0.5) is 0 Å². The van der Waals surface area contributed by atoms with Gasteiger partial charge in [0.2, 0.25) is 0 Å². The maximum atomic E-state index is 10.7. The first-order valence-corrected chi connectivity index (χ1v) is 6.78. The second kappa shape index (κ2) is 7.74. The summed E-state index contributed by atoms with van der Waals surface area (Å²) in [6.07, 6.45) is 2.18. The highest BCUT2D eigenvalue weighted by molar-refractivity contribution is 5.69. The lowest BCUT2D eigenvalue weighted by Gasteiger charge is -2.27. The van der Waals surface area contributed by atoms with Crippen LogP contribution in [-0.2, 0) is 4.79 Å². The molecule has 0 heterocycles. The van der Waals surface area contributed by atoms with Gasteiger partial charge in [-0.25, -0.2) is 0 Å². The van der Waals surface area contributed by atoms with Gasteiger partial charge in [0, 0.05) is 12.6 Å². The second-order valence-electron chi connectivity index (χ2n) is 6.36. The van der Waals surface area contributed by atoms with E-state index in [-0.39, 0.29) is 17.4 Å². The molecule has 0 aromatic carbocycles. The Morgan fingerprint density at radius 2 is 1.78 bits per heavy atom. The van der Waals surface area contributed by atoms with E-state index in [1.165, 1.54) is 0 Å². The molecule has 3 N–H and O–H groups in total. The zero-order valence-electron chi connectivity index (χ0n) is 12.4. The van der Waals surface area contributed by atoms with Gasteiger partial charge in [0.25, 0.3) is 0 Å². The lowest BCUT2D eigenvalue weighted by atomic mass is 9.89. The van der Waals surface area contributed by atoms with Crippen molar-refractivity contribution in [3.63, 3.8) is 0 Å². The van der Waals surface area contributed by atoms with Crippen LogP contribution in [0.1, 0.15) is 53.9 Å². The fourth-order valence-corrected chi connectivity index (χ4v) is 1.57. The number of carbonyl (C=O) groups is 1. The van der Waals surface area contributed by atoms with Crippen molar-refractivity contribution in [3.8, 4) is 0 Å². The first-order valence-electron chi connectivity index (χ1n) is 6.78. The molecular formula is C14H29NO3. The van der Waals surface area contributed by atoms with Crippen LogP contribution in [0.3, 0.4) is 0 Å². The van der Waals surface area contributed by atoms with E-state index >= 15 is 0 Å². The first-order chi connectivity index (χ1) is 8.14. The Kier molecular flexibility index (Phi) is 7.48. The van der Waals surface area contributed by atoms with Gasteiger partial charge in [0.05, 0.1) is 12.0 Å². The number of hydrogen-bond donors (Lipinski definition) is 3. The van der Waals surface area contributed by atoms with E-state index in [0.717, 1.165) is 12.8 Å². The molecule has 0 aromatic rings. The molecule has 3 atom stereocenters. The molecule has 0 aliphatic carbocycles. The number of aliphatic hydroxyl groups is 1. The van der Waals surface area contributed by atoms with Gasteiger partial charge in [-0.15, -0.1) is 0 Å². The van der Waals surface area contributed by atoms with Crippen LogP contribution in [0.2, 0.25) is 0 Å². The van der Waals surface area contributed by atoms with Gasteiger partial charge in [0.15, 0.2) is 0 Å². The molecule has 0 aliphatic rings. The summed E-state index contributed by atoms with van der Waals surface area (Å²) >= 11 is 0. The third-order valence-electron chi connectivity index (χ3n) is 3.36. The largest absolute Gasteiger partial charge is 0.481 e. The molecular weight excluding hydrogens is 230 g/mol. The molecule has 0 aromatic heterocycles. The molecule has 4 nitrogen and oxygen atoms in total. The van der Waals surface area contributed by atoms with Gasteiger partial charge in [-0.3, -0.25) is 4.79 Å². The van der Waals surface area contributed by atoms with Crippen LogP contribution in [-0.4, -0.2) is 34.9 Å². The molecule has 0 rings (SSSR count). The minimum atomic E-state index is -0.723. The Morgan fingerprint density at radius 3 is 2.22 bits per heavy atom. The van der Waals surface area contributed by atoms with E-state index in [1.54, 1.807) is 6.92 Å². The highest BCUT2D eigenvalue weighted by Gasteiger charge is 2.22. The van der Waals surface area contributed by atoms with Gasteiger partial charge < -0.3 is 15.5 Å². The zero-order valence-corrected chi connectivity index (χ0v) is 12.4. The number of nitrogens with one attached hydrogen (secondary N) is 1. The van der Waals surface area contributed by atoms with E-state index in [2.05, 4.69) is 12.2 Å². The Balaban J connectivity index is 3.73. The molecule has 0 saturated carbocycles. The van der Waals surface area contributed by atoms with Crippen LogP contribution in [0.5, 0.6) is 0 Å². The highest BCUT2D eigenvalue weighted by Crippen LogP contribution is 2.18. The normalized spacial score (nSPS) is 17.2. The third kappa shape index (κ3) is 7.67. The van der Waals surface area contributed by atoms with Gasteiger partial charge in [-0.2, -0.15) is 0 Å². The lowest BCUT2D eigenvalue weighted by Crippen LogP contribution is -2.40. The summed E-state index contributed by atoms with van der Waals surface area (Å²) in [7, 11) is 0. The van der Waals surface area contributed by atoms with Gasteiger partial charge >= 0.3 is 5.97 Å². The standard InChI is InChI=1S/C14H29NO3/c1-10(13(17)18)7-6-8-11(2)15-9-12(16)14(3,4)5/h10-12,15-16H,6-9H2,1-5H3,(H,17,18). The molecule has 18 heavy (non-hydrogen) atoms. The fourth-order valence-electron chi connectivity index (χ4n) is 1.57. The van der Waals surface area contributed by atoms with Crippen LogP contribution >= 0.6 is 0 Å². The molecule has 108 valence electrons. The Hall–Kier alpha value is -0.610. The molecule has 0 bridgehead atoms. The van der Waals surface area contributed by atoms with Crippen molar-refractivity contribution in [2.75, 3.05) is 6.54 Å². The Morgan fingerprint density at radius 1 is 1.22 bits per heavy atom. The summed E-state index contributed by atoms with van der Waals surface area (Å²) in [4.78, 5) is 10.7.